The van der Waals surface area contributed by atoms with Crippen molar-refractivity contribution in [1.29, 1.82) is 0 Å². The van der Waals surface area contributed by atoms with Crippen molar-refractivity contribution >= 4 is 27.5 Å². The molecule has 0 radical (unpaired) electrons. The van der Waals surface area contributed by atoms with Crippen molar-refractivity contribution in [2.45, 2.75) is 31.3 Å². The Morgan fingerprint density at radius 3 is 2.09 bits per heavy atom. The molecule has 2 amide bonds. The van der Waals surface area contributed by atoms with Crippen LogP contribution in [0.5, 0.6) is 0 Å². The molecular weight excluding hydrogens is 426 g/mol. The molecule has 3 aromatic carbocycles. The highest BCUT2D eigenvalue weighted by Crippen LogP contribution is 2.15. The van der Waals surface area contributed by atoms with Gasteiger partial charge in [0.15, 0.2) is 0 Å². The average molecular weight is 452 g/mol. The number of benzene rings is 3. The van der Waals surface area contributed by atoms with Gasteiger partial charge < -0.3 is 10.6 Å². The van der Waals surface area contributed by atoms with Gasteiger partial charge in [0.1, 0.15) is 0 Å². The van der Waals surface area contributed by atoms with Gasteiger partial charge in [-0.3, -0.25) is 9.59 Å². The van der Waals surface area contributed by atoms with Crippen LogP contribution in [-0.2, 0) is 21.4 Å². The summed E-state index contributed by atoms with van der Waals surface area (Å²) in [7, 11) is -3.72. The largest absolute Gasteiger partial charge is 0.346 e. The first kappa shape index (κ1) is 23.2. The zero-order valence-corrected chi connectivity index (χ0v) is 18.6. The minimum atomic E-state index is -3.72. The van der Waals surface area contributed by atoms with E-state index in [-0.39, 0.29) is 29.3 Å². The quantitative estimate of drug-likeness (QED) is 0.487. The number of anilines is 1. The van der Waals surface area contributed by atoms with Crippen molar-refractivity contribution < 1.29 is 18.0 Å². The van der Waals surface area contributed by atoms with Crippen LogP contribution in [0.3, 0.4) is 0 Å². The molecule has 0 spiro atoms. The Balaban J connectivity index is 1.58. The maximum atomic E-state index is 12.5. The fourth-order valence-corrected chi connectivity index (χ4v) is 4.08. The Hall–Kier alpha value is -3.49. The summed E-state index contributed by atoms with van der Waals surface area (Å²) in [6.07, 6.45) is 0. The fourth-order valence-electron chi connectivity index (χ4n) is 3.06. The van der Waals surface area contributed by atoms with Crippen LogP contribution in [0.1, 0.15) is 41.4 Å². The van der Waals surface area contributed by atoms with Gasteiger partial charge in [0.05, 0.1) is 10.9 Å². The Morgan fingerprint density at radius 2 is 1.50 bits per heavy atom. The molecule has 0 aliphatic carbocycles. The number of carbonyl (C=O) groups excluding carboxylic acids is 2. The lowest BCUT2D eigenvalue weighted by Crippen LogP contribution is -2.26. The Bertz CT molecular complexity index is 1180. The van der Waals surface area contributed by atoms with Crippen molar-refractivity contribution in [1.82, 2.24) is 10.0 Å². The first-order valence-corrected chi connectivity index (χ1v) is 11.5. The Labute approximate surface area is 187 Å². The third-order valence-corrected chi connectivity index (χ3v) is 6.23. The van der Waals surface area contributed by atoms with E-state index in [1.54, 1.807) is 24.3 Å². The highest BCUT2D eigenvalue weighted by atomic mass is 32.2. The van der Waals surface area contributed by atoms with Gasteiger partial charge >= 0.3 is 0 Å². The maximum Gasteiger partial charge on any atom is 0.251 e. The summed E-state index contributed by atoms with van der Waals surface area (Å²) in [5.74, 6) is -0.432. The summed E-state index contributed by atoms with van der Waals surface area (Å²) < 4.78 is 27.6. The second-order valence-corrected chi connectivity index (χ2v) is 9.10. The number of nitrogens with one attached hydrogen (secondary N) is 3. The minimum absolute atomic E-state index is 0.0814. The van der Waals surface area contributed by atoms with Crippen molar-refractivity contribution in [2.75, 3.05) is 5.32 Å². The molecule has 0 aliphatic rings. The fraction of sp³-hybridized carbons (Fsp3) is 0.167. The van der Waals surface area contributed by atoms with Gasteiger partial charge in [-0.2, -0.15) is 0 Å². The van der Waals surface area contributed by atoms with Gasteiger partial charge in [0.25, 0.3) is 5.91 Å². The topological polar surface area (TPSA) is 104 Å². The van der Waals surface area contributed by atoms with Crippen LogP contribution in [-0.4, -0.2) is 20.2 Å². The normalized spacial score (nSPS) is 12.1. The standard InChI is InChI=1S/C24H25N3O4S/c1-17(20-6-4-3-5-7-20)26-24(29)21-10-8-19(9-11-21)16-25-32(30,31)23-14-12-22(13-15-23)27-18(2)28/h3-15,17,25H,16H2,1-2H3,(H,26,29)(H,27,28)/t17-/m0/s1. The van der Waals surface area contributed by atoms with Gasteiger partial charge in [0.2, 0.25) is 15.9 Å². The number of amides is 2. The van der Waals surface area contributed by atoms with E-state index in [9.17, 15) is 18.0 Å². The lowest BCUT2D eigenvalue weighted by molar-refractivity contribution is -0.114. The molecule has 0 heterocycles. The smallest absolute Gasteiger partial charge is 0.251 e. The first-order chi connectivity index (χ1) is 15.2. The molecular formula is C24H25N3O4S. The molecule has 7 nitrogen and oxygen atoms in total. The maximum absolute atomic E-state index is 12.5. The molecule has 0 unspecified atom stereocenters. The van der Waals surface area contributed by atoms with Gasteiger partial charge in [-0.25, -0.2) is 13.1 Å². The van der Waals surface area contributed by atoms with Crippen molar-refractivity contribution in [3.63, 3.8) is 0 Å². The molecule has 3 N–H and O–H groups in total. The van der Waals surface area contributed by atoms with E-state index < -0.39 is 10.0 Å². The van der Waals surface area contributed by atoms with E-state index in [0.717, 1.165) is 11.1 Å². The molecule has 0 saturated carbocycles. The number of hydrogen-bond acceptors (Lipinski definition) is 4. The minimum Gasteiger partial charge on any atom is -0.346 e. The van der Waals surface area contributed by atoms with Crippen LogP contribution in [0.25, 0.3) is 0 Å². The average Bonchev–Trinajstić information content (AvgIpc) is 2.78. The van der Waals surface area contributed by atoms with Crippen molar-refractivity contribution in [3.8, 4) is 0 Å². The first-order valence-electron chi connectivity index (χ1n) is 10.1. The van der Waals surface area contributed by atoms with Crippen molar-refractivity contribution in [3.05, 3.63) is 95.6 Å². The predicted octanol–water partition coefficient (Wildman–Crippen LogP) is 3.61. The van der Waals surface area contributed by atoms with Gasteiger partial charge in [-0.1, -0.05) is 42.5 Å². The zero-order chi connectivity index (χ0) is 23.1. The molecule has 1 atom stereocenters. The van der Waals surface area contributed by atoms with Crippen LogP contribution < -0.4 is 15.4 Å². The SMILES string of the molecule is CC(=O)Nc1ccc(S(=O)(=O)NCc2ccc(C(=O)N[C@@H](C)c3ccccc3)cc2)cc1. The van der Waals surface area contributed by atoms with E-state index in [1.807, 2.05) is 37.3 Å². The van der Waals surface area contributed by atoms with Crippen LogP contribution >= 0.6 is 0 Å². The summed E-state index contributed by atoms with van der Waals surface area (Å²) >= 11 is 0. The molecule has 0 bridgehead atoms. The van der Waals surface area contributed by atoms with Crippen LogP contribution in [0.2, 0.25) is 0 Å². The lowest BCUT2D eigenvalue weighted by atomic mass is 10.1. The molecule has 3 aromatic rings. The van der Waals surface area contributed by atoms with E-state index in [4.69, 9.17) is 0 Å². The van der Waals surface area contributed by atoms with E-state index in [1.165, 1.54) is 31.2 Å². The van der Waals surface area contributed by atoms with Crippen LogP contribution in [0, 0.1) is 0 Å². The summed E-state index contributed by atoms with van der Waals surface area (Å²) in [5, 5.41) is 5.54. The molecule has 0 fully saturated rings. The predicted molar refractivity (Wildman–Crippen MR) is 124 cm³/mol. The highest BCUT2D eigenvalue weighted by Gasteiger charge is 2.15. The second-order valence-electron chi connectivity index (χ2n) is 7.33. The molecule has 0 aliphatic heterocycles. The third-order valence-electron chi connectivity index (χ3n) is 4.81. The van der Waals surface area contributed by atoms with E-state index in [0.29, 0.717) is 11.3 Å². The number of rotatable bonds is 8. The third kappa shape index (κ3) is 6.26. The van der Waals surface area contributed by atoms with Crippen molar-refractivity contribution in [2.24, 2.45) is 0 Å². The lowest BCUT2D eigenvalue weighted by Gasteiger charge is -2.14. The molecule has 0 aromatic heterocycles. The Morgan fingerprint density at radius 1 is 0.875 bits per heavy atom. The number of carbonyl (C=O) groups is 2. The van der Waals surface area contributed by atoms with Gasteiger partial charge in [-0.15, -0.1) is 0 Å². The summed E-state index contributed by atoms with van der Waals surface area (Å²) in [4.78, 5) is 23.7. The van der Waals surface area contributed by atoms with Crippen LogP contribution in [0.4, 0.5) is 5.69 Å². The summed E-state index contributed by atoms with van der Waals surface area (Å²) in [6.45, 7) is 3.38. The van der Waals surface area contributed by atoms with E-state index >= 15 is 0 Å². The number of hydrogen-bond donors (Lipinski definition) is 3. The highest BCUT2D eigenvalue weighted by molar-refractivity contribution is 7.89. The molecule has 32 heavy (non-hydrogen) atoms. The van der Waals surface area contributed by atoms with Gasteiger partial charge in [0, 0.05) is 24.7 Å². The second kappa shape index (κ2) is 10.2. The van der Waals surface area contributed by atoms with Gasteiger partial charge in [-0.05, 0) is 54.4 Å². The van der Waals surface area contributed by atoms with Crippen LogP contribution in [0.15, 0.2) is 83.8 Å². The summed E-state index contributed by atoms with van der Waals surface area (Å²) in [6, 6.07) is 22.2. The molecule has 166 valence electrons. The molecule has 0 saturated heterocycles. The van der Waals surface area contributed by atoms with E-state index in [2.05, 4.69) is 15.4 Å². The number of sulfonamides is 1. The zero-order valence-electron chi connectivity index (χ0n) is 17.8. The summed E-state index contributed by atoms with van der Waals surface area (Å²) in [5.41, 5.74) is 2.74. The Kier molecular flexibility index (Phi) is 7.40. The monoisotopic (exact) mass is 451 g/mol. The molecule has 3 rings (SSSR count). The molecule has 8 heteroatoms.